The molecule has 0 aliphatic carbocycles. The minimum absolute atomic E-state index is 0.0158. The molecule has 0 radical (unpaired) electrons. The quantitative estimate of drug-likeness (QED) is 0.380. The highest BCUT2D eigenvalue weighted by Gasteiger charge is 2.22. The van der Waals surface area contributed by atoms with E-state index >= 15 is 0 Å². The number of benzene rings is 1. The molecule has 2 aromatic rings. The molecule has 12 heteroatoms. The maximum absolute atomic E-state index is 11.1. The van der Waals surface area contributed by atoms with E-state index in [0.717, 1.165) is 18.2 Å². The zero-order valence-corrected chi connectivity index (χ0v) is 11.5. The molecule has 0 aliphatic rings. The lowest BCUT2D eigenvalue weighted by Gasteiger charge is -2.09. The lowest BCUT2D eigenvalue weighted by Crippen LogP contribution is -2.07. The van der Waals surface area contributed by atoms with Gasteiger partial charge in [0.2, 0.25) is 11.5 Å². The second-order valence-electron chi connectivity index (χ2n) is 3.55. The van der Waals surface area contributed by atoms with Crippen LogP contribution in [0.5, 0.6) is 17.2 Å². The second kappa shape index (κ2) is 5.23. The fourth-order valence-electron chi connectivity index (χ4n) is 1.48. The highest BCUT2D eigenvalue weighted by Crippen LogP contribution is 2.42. The summed E-state index contributed by atoms with van der Waals surface area (Å²) in [5.74, 6) is -2.75. The monoisotopic (exact) mass is 338 g/mol. The first-order chi connectivity index (χ1) is 9.67. The van der Waals surface area contributed by atoms with Gasteiger partial charge in [-0.25, -0.2) is 4.79 Å². The Hall–Kier alpha value is -2.31. The smallest absolute Gasteiger partial charge is 0.446 e. The molecule has 0 aliphatic heterocycles. The van der Waals surface area contributed by atoms with Gasteiger partial charge in [-0.1, -0.05) is 0 Å². The minimum Gasteiger partial charge on any atom is -0.502 e. The zero-order chi connectivity index (χ0) is 15.8. The van der Waals surface area contributed by atoms with Gasteiger partial charge in [-0.05, 0) is 12.1 Å². The summed E-state index contributed by atoms with van der Waals surface area (Å²) in [5.41, 5.74) is -1.31. The Morgan fingerprint density at radius 2 is 1.90 bits per heavy atom. The molecule has 114 valence electrons. The van der Waals surface area contributed by atoms with Gasteiger partial charge < -0.3 is 17.9 Å². The van der Waals surface area contributed by atoms with Crippen LogP contribution in [0, 0.1) is 0 Å². The number of hydrogen-bond donors (Lipinski definition) is 3. The molecular formula is C9H6O10S2. The minimum atomic E-state index is -4.98. The number of thiol groups is 1. The highest BCUT2D eigenvalue weighted by atomic mass is 32.3. The Kier molecular flexibility index (Phi) is 3.76. The lowest BCUT2D eigenvalue weighted by atomic mass is 10.2. The maximum atomic E-state index is 11.1. The van der Waals surface area contributed by atoms with Crippen LogP contribution in [0.15, 0.2) is 27.4 Å². The third kappa shape index (κ3) is 3.42. The molecule has 1 aromatic heterocycles. The Bertz CT molecular complexity index is 929. The first-order valence-corrected chi connectivity index (χ1v) is 7.42. The van der Waals surface area contributed by atoms with Crippen LogP contribution < -0.4 is 14.0 Å². The van der Waals surface area contributed by atoms with Crippen LogP contribution in [0.4, 0.5) is 0 Å². The summed E-state index contributed by atoms with van der Waals surface area (Å²) in [6.07, 6.45) is 0. The number of hydrogen-bond acceptors (Lipinski definition) is 9. The molecular weight excluding hydrogens is 332 g/mol. The van der Waals surface area contributed by atoms with Crippen molar-refractivity contribution in [1.29, 1.82) is 0 Å². The maximum Gasteiger partial charge on any atom is 0.446 e. The summed E-state index contributed by atoms with van der Waals surface area (Å²) < 4.78 is 64.2. The molecule has 0 fully saturated rings. The van der Waals surface area contributed by atoms with Crippen molar-refractivity contribution < 1.29 is 39.3 Å². The average molecular weight is 338 g/mol. The van der Waals surface area contributed by atoms with Crippen molar-refractivity contribution in [1.82, 2.24) is 0 Å². The standard InChI is InChI=1S/C9H6O10S2/c10-6-2-1-4-3-5(19-21(14,15)16)7(11)9(8(4)17-6)18-20(12)13/h1-3,11,20H,(H,14,15,16). The molecule has 0 unspecified atom stereocenters. The Morgan fingerprint density at radius 3 is 2.48 bits per heavy atom. The van der Waals surface area contributed by atoms with E-state index in [4.69, 9.17) is 4.55 Å². The summed E-state index contributed by atoms with van der Waals surface area (Å²) in [7, 11) is -8.49. The van der Waals surface area contributed by atoms with Crippen molar-refractivity contribution in [3.8, 4) is 17.2 Å². The summed E-state index contributed by atoms with van der Waals surface area (Å²) in [6, 6.07) is 2.99. The van der Waals surface area contributed by atoms with Crippen molar-refractivity contribution in [2.24, 2.45) is 0 Å². The molecule has 0 atom stereocenters. The molecule has 0 bridgehead atoms. The third-order valence-corrected chi connectivity index (χ3v) is 2.89. The van der Waals surface area contributed by atoms with Crippen LogP contribution in [0.3, 0.4) is 0 Å². The molecule has 0 amide bonds. The number of phenols is 1. The fourth-order valence-corrected chi connectivity index (χ4v) is 2.16. The van der Waals surface area contributed by atoms with Crippen LogP contribution >= 0.6 is 0 Å². The van der Waals surface area contributed by atoms with Crippen molar-refractivity contribution in [2.75, 3.05) is 0 Å². The number of rotatable bonds is 4. The van der Waals surface area contributed by atoms with E-state index in [2.05, 4.69) is 12.8 Å². The topological polar surface area (TPSA) is 157 Å². The third-order valence-electron chi connectivity index (χ3n) is 2.17. The Morgan fingerprint density at radius 1 is 1.24 bits per heavy atom. The summed E-state index contributed by atoms with van der Waals surface area (Å²) in [6.45, 7) is 0. The van der Waals surface area contributed by atoms with Gasteiger partial charge in [-0.15, -0.1) is 0 Å². The van der Waals surface area contributed by atoms with Crippen molar-refractivity contribution in [2.45, 2.75) is 0 Å². The molecule has 21 heavy (non-hydrogen) atoms. The molecule has 10 nitrogen and oxygen atoms in total. The predicted octanol–water partition coefficient (Wildman–Crippen LogP) is -0.415. The number of fused-ring (bicyclic) bond motifs is 1. The molecule has 0 spiro atoms. The van der Waals surface area contributed by atoms with E-state index in [9.17, 15) is 26.7 Å². The van der Waals surface area contributed by atoms with E-state index in [1.807, 2.05) is 0 Å². The van der Waals surface area contributed by atoms with Gasteiger partial charge in [0.15, 0.2) is 11.3 Å². The molecule has 2 N–H and O–H groups in total. The van der Waals surface area contributed by atoms with Gasteiger partial charge >= 0.3 is 16.0 Å². The Labute approximate surface area is 118 Å². The molecule has 1 aromatic carbocycles. The number of phenolic OH excluding ortho intramolecular Hbond substituents is 1. The predicted molar refractivity (Wildman–Crippen MR) is 67.3 cm³/mol. The normalized spacial score (nSPS) is 11.7. The Balaban J connectivity index is 2.82. The molecule has 0 saturated carbocycles. The van der Waals surface area contributed by atoms with Crippen LogP contribution in [0.2, 0.25) is 0 Å². The van der Waals surface area contributed by atoms with Gasteiger partial charge in [-0.3, -0.25) is 4.55 Å². The van der Waals surface area contributed by atoms with Crippen molar-refractivity contribution in [3.63, 3.8) is 0 Å². The van der Waals surface area contributed by atoms with E-state index in [-0.39, 0.29) is 5.39 Å². The molecule has 1 heterocycles. The zero-order valence-electron chi connectivity index (χ0n) is 9.75. The highest BCUT2D eigenvalue weighted by molar-refractivity contribution is 7.81. The number of aromatic hydroxyl groups is 1. The van der Waals surface area contributed by atoms with Crippen LogP contribution in [0.1, 0.15) is 0 Å². The largest absolute Gasteiger partial charge is 0.502 e. The lowest BCUT2D eigenvalue weighted by molar-refractivity contribution is 0.365. The van der Waals surface area contributed by atoms with Crippen LogP contribution in [0.25, 0.3) is 11.0 Å². The van der Waals surface area contributed by atoms with Crippen LogP contribution in [-0.2, 0) is 21.4 Å². The average Bonchev–Trinajstić information content (AvgIpc) is 2.33. The molecule has 2 rings (SSSR count). The van der Waals surface area contributed by atoms with Crippen molar-refractivity contribution >= 4 is 32.4 Å². The first kappa shape index (κ1) is 15.1. The van der Waals surface area contributed by atoms with Gasteiger partial charge in [0.05, 0.1) is 0 Å². The van der Waals surface area contributed by atoms with E-state index < -0.39 is 49.8 Å². The molecule has 0 saturated heterocycles. The summed E-state index contributed by atoms with van der Waals surface area (Å²) in [5, 5.41) is 9.72. The van der Waals surface area contributed by atoms with Gasteiger partial charge in [-0.2, -0.15) is 16.8 Å². The van der Waals surface area contributed by atoms with Gasteiger partial charge in [0, 0.05) is 11.5 Å². The fraction of sp³-hybridized carbons (Fsp3) is 0. The first-order valence-electron chi connectivity index (χ1n) is 4.96. The SMILES string of the molecule is O=c1ccc2cc(OS(=O)(=O)O)c(O)c(O[SH](=O)=O)c2o1. The van der Waals surface area contributed by atoms with E-state index in [1.54, 1.807) is 0 Å². The second-order valence-corrected chi connectivity index (χ2v) is 5.20. The summed E-state index contributed by atoms with van der Waals surface area (Å²) in [4.78, 5) is 11.1. The van der Waals surface area contributed by atoms with Crippen LogP contribution in [-0.4, -0.2) is 26.5 Å². The van der Waals surface area contributed by atoms with E-state index in [1.165, 1.54) is 0 Å². The van der Waals surface area contributed by atoms with Gasteiger partial charge in [0.25, 0.3) is 11.0 Å². The van der Waals surface area contributed by atoms with Crippen molar-refractivity contribution in [3.05, 3.63) is 28.6 Å². The van der Waals surface area contributed by atoms with E-state index in [0.29, 0.717) is 0 Å². The summed E-state index contributed by atoms with van der Waals surface area (Å²) >= 11 is 0. The van der Waals surface area contributed by atoms with Gasteiger partial charge in [0.1, 0.15) is 0 Å².